The summed E-state index contributed by atoms with van der Waals surface area (Å²) < 4.78 is 0. The summed E-state index contributed by atoms with van der Waals surface area (Å²) in [4.78, 5) is 10.3. The van der Waals surface area contributed by atoms with Gasteiger partial charge in [0, 0.05) is 0 Å². The highest BCUT2D eigenvalue weighted by Crippen LogP contribution is 2.11. The molecule has 3 nitrogen and oxygen atoms in total. The van der Waals surface area contributed by atoms with E-state index in [1.165, 1.54) is 0 Å². The molecule has 1 aliphatic rings. The highest BCUT2D eigenvalue weighted by molar-refractivity contribution is 5.73. The molecule has 1 heterocycles. The number of carbonyl (C=O) groups is 1. The predicted molar refractivity (Wildman–Crippen MR) is 44.6 cm³/mol. The van der Waals surface area contributed by atoms with Crippen molar-refractivity contribution in [1.29, 1.82) is 0 Å². The topological polar surface area (TPSA) is 49.3 Å². The number of carboxylic acids is 1. The summed E-state index contributed by atoms with van der Waals surface area (Å²) in [6.07, 6.45) is 0.773. The molecule has 0 aliphatic carbocycles. The highest BCUT2D eigenvalue weighted by atomic mass is 16.4. The number of hydrogen-bond acceptors (Lipinski definition) is 2. The lowest BCUT2D eigenvalue weighted by atomic mass is 10.1. The summed E-state index contributed by atoms with van der Waals surface area (Å²) in [6, 6.07) is -0.292. The molecule has 1 aliphatic heterocycles. The van der Waals surface area contributed by atoms with Gasteiger partial charge in [0.15, 0.2) is 0 Å². The second-order valence-electron chi connectivity index (χ2n) is 2.64. The van der Waals surface area contributed by atoms with Crippen LogP contribution >= 0.6 is 0 Å². The average molecular weight is 159 g/mol. The first-order chi connectivity index (χ1) is 5.20. The van der Waals surface area contributed by atoms with Crippen molar-refractivity contribution in [3.8, 4) is 0 Å². The Kier molecular flexibility index (Phi) is 4.86. The van der Waals surface area contributed by atoms with Gasteiger partial charge in [0.05, 0.1) is 0 Å². The van der Waals surface area contributed by atoms with Crippen molar-refractivity contribution in [2.45, 2.75) is 33.2 Å². The molecule has 2 atom stereocenters. The van der Waals surface area contributed by atoms with E-state index in [1.54, 1.807) is 0 Å². The fraction of sp³-hybridized carbons (Fsp3) is 0.875. The van der Waals surface area contributed by atoms with Crippen LogP contribution in [0.3, 0.4) is 0 Å². The molecule has 3 heteroatoms. The van der Waals surface area contributed by atoms with Gasteiger partial charge in [-0.2, -0.15) is 0 Å². The minimum Gasteiger partial charge on any atom is -0.480 e. The summed E-state index contributed by atoms with van der Waals surface area (Å²) in [5, 5.41) is 11.4. The number of carboxylic acid groups (broad SMARTS) is 1. The van der Waals surface area contributed by atoms with Gasteiger partial charge in [-0.05, 0) is 18.9 Å². The molecule has 1 saturated heterocycles. The molecule has 1 fully saturated rings. The highest BCUT2D eigenvalue weighted by Gasteiger charge is 2.25. The van der Waals surface area contributed by atoms with Crippen LogP contribution in [0.25, 0.3) is 0 Å². The van der Waals surface area contributed by atoms with E-state index in [2.05, 4.69) is 12.2 Å². The van der Waals surface area contributed by atoms with Crippen LogP contribution in [0.1, 0.15) is 27.2 Å². The molecule has 2 N–H and O–H groups in total. The first-order valence-corrected chi connectivity index (χ1v) is 4.16. The summed E-state index contributed by atoms with van der Waals surface area (Å²) in [6.45, 7) is 6.90. The number of rotatable bonds is 1. The molecule has 0 spiro atoms. The zero-order chi connectivity index (χ0) is 8.85. The lowest BCUT2D eigenvalue weighted by molar-refractivity contribution is -0.139. The predicted octanol–water partition coefficient (Wildman–Crippen LogP) is 1.10. The number of hydrogen-bond donors (Lipinski definition) is 2. The average Bonchev–Trinajstić information content (AvgIpc) is 2.40. The SMILES string of the molecule is CC.CC1CNC(C(=O)O)C1. The first kappa shape index (κ1) is 10.4. The van der Waals surface area contributed by atoms with E-state index in [9.17, 15) is 4.79 Å². The molecular formula is C8H17NO2. The summed E-state index contributed by atoms with van der Waals surface area (Å²) in [5.41, 5.74) is 0. The van der Waals surface area contributed by atoms with Crippen LogP contribution in [0.2, 0.25) is 0 Å². The molecule has 0 aromatic carbocycles. The van der Waals surface area contributed by atoms with Gasteiger partial charge >= 0.3 is 5.97 Å². The van der Waals surface area contributed by atoms with E-state index in [0.717, 1.165) is 13.0 Å². The maximum Gasteiger partial charge on any atom is 0.320 e. The molecule has 2 unspecified atom stereocenters. The largest absolute Gasteiger partial charge is 0.480 e. The van der Waals surface area contributed by atoms with Crippen molar-refractivity contribution < 1.29 is 9.90 Å². The molecule has 0 aromatic rings. The fourth-order valence-corrected chi connectivity index (χ4v) is 1.10. The van der Waals surface area contributed by atoms with Crippen LogP contribution in [0.5, 0.6) is 0 Å². The Morgan fingerprint density at radius 3 is 2.27 bits per heavy atom. The summed E-state index contributed by atoms with van der Waals surface area (Å²) in [5.74, 6) is -0.203. The summed E-state index contributed by atoms with van der Waals surface area (Å²) in [7, 11) is 0. The van der Waals surface area contributed by atoms with Crippen molar-refractivity contribution in [1.82, 2.24) is 5.32 Å². The lowest BCUT2D eigenvalue weighted by Crippen LogP contribution is -2.29. The minimum absolute atomic E-state index is 0.292. The van der Waals surface area contributed by atoms with E-state index in [0.29, 0.717) is 5.92 Å². The quantitative estimate of drug-likeness (QED) is 0.602. The molecule has 66 valence electrons. The molecular weight excluding hydrogens is 142 g/mol. The maximum atomic E-state index is 10.3. The molecule has 0 aromatic heterocycles. The van der Waals surface area contributed by atoms with Gasteiger partial charge in [-0.15, -0.1) is 0 Å². The first-order valence-electron chi connectivity index (χ1n) is 4.16. The molecule has 0 amide bonds. The van der Waals surface area contributed by atoms with Gasteiger partial charge in [0.1, 0.15) is 6.04 Å². The standard InChI is InChI=1S/C6H11NO2.C2H6/c1-4-2-5(6(8)9)7-3-4;1-2/h4-5,7H,2-3H2,1H3,(H,8,9);1-2H3. The van der Waals surface area contributed by atoms with Gasteiger partial charge in [-0.25, -0.2) is 0 Å². The van der Waals surface area contributed by atoms with Gasteiger partial charge in [0.2, 0.25) is 0 Å². The zero-order valence-electron chi connectivity index (χ0n) is 7.42. The van der Waals surface area contributed by atoms with Crippen molar-refractivity contribution in [2.75, 3.05) is 6.54 Å². The maximum absolute atomic E-state index is 10.3. The smallest absolute Gasteiger partial charge is 0.320 e. The third-order valence-corrected chi connectivity index (χ3v) is 1.65. The second-order valence-corrected chi connectivity index (χ2v) is 2.64. The van der Waals surface area contributed by atoms with E-state index in [4.69, 9.17) is 5.11 Å². The summed E-state index contributed by atoms with van der Waals surface area (Å²) >= 11 is 0. The molecule has 0 bridgehead atoms. The monoisotopic (exact) mass is 159 g/mol. The Morgan fingerprint density at radius 1 is 1.55 bits per heavy atom. The van der Waals surface area contributed by atoms with Crippen LogP contribution in [-0.4, -0.2) is 23.7 Å². The Balaban J connectivity index is 0.000000461. The molecule has 0 radical (unpaired) electrons. The van der Waals surface area contributed by atoms with Crippen LogP contribution in [0.4, 0.5) is 0 Å². The van der Waals surface area contributed by atoms with E-state index in [1.807, 2.05) is 13.8 Å². The van der Waals surface area contributed by atoms with Gasteiger partial charge < -0.3 is 10.4 Å². The Morgan fingerprint density at radius 2 is 2.09 bits per heavy atom. The Bertz CT molecular complexity index is 125. The van der Waals surface area contributed by atoms with Crippen molar-refractivity contribution in [3.63, 3.8) is 0 Å². The third-order valence-electron chi connectivity index (χ3n) is 1.65. The number of nitrogens with one attached hydrogen (secondary N) is 1. The van der Waals surface area contributed by atoms with E-state index < -0.39 is 5.97 Å². The van der Waals surface area contributed by atoms with Crippen molar-refractivity contribution >= 4 is 5.97 Å². The van der Waals surface area contributed by atoms with Crippen LogP contribution in [-0.2, 0) is 4.79 Å². The molecule has 11 heavy (non-hydrogen) atoms. The normalized spacial score (nSPS) is 29.0. The lowest BCUT2D eigenvalue weighted by Gasteiger charge is -2.00. The minimum atomic E-state index is -0.723. The van der Waals surface area contributed by atoms with E-state index in [-0.39, 0.29) is 6.04 Å². The fourth-order valence-electron chi connectivity index (χ4n) is 1.10. The third kappa shape index (κ3) is 3.37. The Hall–Kier alpha value is -0.570. The van der Waals surface area contributed by atoms with Crippen LogP contribution in [0.15, 0.2) is 0 Å². The van der Waals surface area contributed by atoms with Gasteiger partial charge in [-0.3, -0.25) is 4.79 Å². The number of aliphatic carboxylic acids is 1. The zero-order valence-corrected chi connectivity index (χ0v) is 7.42. The van der Waals surface area contributed by atoms with E-state index >= 15 is 0 Å². The van der Waals surface area contributed by atoms with Crippen LogP contribution < -0.4 is 5.32 Å². The Labute approximate surface area is 67.8 Å². The van der Waals surface area contributed by atoms with Crippen molar-refractivity contribution in [2.24, 2.45) is 5.92 Å². The molecule has 1 rings (SSSR count). The van der Waals surface area contributed by atoms with Crippen LogP contribution in [0, 0.1) is 5.92 Å². The molecule has 0 saturated carbocycles. The van der Waals surface area contributed by atoms with Gasteiger partial charge in [0.25, 0.3) is 0 Å². The van der Waals surface area contributed by atoms with Crippen molar-refractivity contribution in [3.05, 3.63) is 0 Å². The van der Waals surface area contributed by atoms with Gasteiger partial charge in [-0.1, -0.05) is 20.8 Å². The second kappa shape index (κ2) is 5.13.